The number of nitrogens with zero attached hydrogens (tertiary/aromatic N) is 2. The van der Waals surface area contributed by atoms with Gasteiger partial charge in [-0.05, 0) is 36.6 Å². The van der Waals surface area contributed by atoms with Gasteiger partial charge in [0, 0.05) is 22.2 Å². The SMILES string of the molecule is CC(C)CCn1c(-c2ccccc2Cl)nc2sc3ccccc3c(=O)c2c1=O. The van der Waals surface area contributed by atoms with Gasteiger partial charge in [-0.3, -0.25) is 14.2 Å². The number of rotatable bonds is 4. The number of hydrogen-bond acceptors (Lipinski definition) is 4. The lowest BCUT2D eigenvalue weighted by Crippen LogP contribution is -2.27. The van der Waals surface area contributed by atoms with Gasteiger partial charge >= 0.3 is 0 Å². The van der Waals surface area contributed by atoms with E-state index in [2.05, 4.69) is 13.8 Å². The van der Waals surface area contributed by atoms with Gasteiger partial charge < -0.3 is 0 Å². The van der Waals surface area contributed by atoms with Crippen LogP contribution in [0.5, 0.6) is 0 Å². The fraction of sp³-hybridized carbons (Fsp3) is 0.227. The average Bonchev–Trinajstić information content (AvgIpc) is 2.67. The molecule has 2 aromatic carbocycles. The van der Waals surface area contributed by atoms with E-state index in [1.165, 1.54) is 11.3 Å². The maximum Gasteiger partial charge on any atom is 0.266 e. The van der Waals surface area contributed by atoms with Crippen LogP contribution in [0.3, 0.4) is 0 Å². The lowest BCUT2D eigenvalue weighted by atomic mass is 10.1. The van der Waals surface area contributed by atoms with E-state index in [0.29, 0.717) is 39.1 Å². The predicted octanol–water partition coefficient (Wildman–Crippen LogP) is 5.34. The van der Waals surface area contributed by atoms with Crippen molar-refractivity contribution in [2.45, 2.75) is 26.8 Å². The first-order valence-corrected chi connectivity index (χ1v) is 10.4. The number of halogens is 1. The molecule has 0 radical (unpaired) electrons. The fourth-order valence-electron chi connectivity index (χ4n) is 3.23. The molecule has 0 aliphatic rings. The van der Waals surface area contributed by atoms with Crippen LogP contribution in [0.2, 0.25) is 5.02 Å². The largest absolute Gasteiger partial charge is 0.292 e. The highest BCUT2D eigenvalue weighted by molar-refractivity contribution is 7.24. The molecule has 0 bridgehead atoms. The average molecular weight is 411 g/mol. The Labute approximate surface area is 171 Å². The van der Waals surface area contributed by atoms with Crippen molar-refractivity contribution >= 4 is 43.2 Å². The Hall–Kier alpha value is -2.50. The zero-order valence-corrected chi connectivity index (χ0v) is 17.2. The van der Waals surface area contributed by atoms with Crippen LogP contribution >= 0.6 is 22.9 Å². The summed E-state index contributed by atoms with van der Waals surface area (Å²) < 4.78 is 2.42. The van der Waals surface area contributed by atoms with Crippen molar-refractivity contribution < 1.29 is 0 Å². The minimum Gasteiger partial charge on any atom is -0.292 e. The van der Waals surface area contributed by atoms with Crippen LogP contribution in [0.4, 0.5) is 0 Å². The van der Waals surface area contributed by atoms with Crippen molar-refractivity contribution in [2.75, 3.05) is 0 Å². The third kappa shape index (κ3) is 3.25. The number of benzene rings is 2. The molecule has 6 heteroatoms. The van der Waals surface area contributed by atoms with Gasteiger partial charge in [0.1, 0.15) is 16.0 Å². The van der Waals surface area contributed by atoms with Gasteiger partial charge in [-0.15, -0.1) is 11.3 Å². The Balaban J connectivity index is 2.11. The first kappa shape index (κ1) is 18.8. The molecule has 0 amide bonds. The molecule has 2 heterocycles. The third-order valence-corrected chi connectivity index (χ3v) is 6.14. The molecule has 0 atom stereocenters. The predicted molar refractivity (Wildman–Crippen MR) is 118 cm³/mol. The number of aromatic nitrogens is 2. The molecule has 4 rings (SSSR count). The summed E-state index contributed by atoms with van der Waals surface area (Å²) in [7, 11) is 0. The van der Waals surface area contributed by atoms with Crippen molar-refractivity contribution in [3.8, 4) is 11.4 Å². The molecule has 28 heavy (non-hydrogen) atoms. The zero-order valence-electron chi connectivity index (χ0n) is 15.6. The molecular formula is C22H19ClN2O2S. The van der Waals surface area contributed by atoms with Gasteiger partial charge in [0.15, 0.2) is 0 Å². The molecule has 0 saturated carbocycles. The quantitative estimate of drug-likeness (QED) is 0.427. The summed E-state index contributed by atoms with van der Waals surface area (Å²) in [5.41, 5.74) is 0.137. The van der Waals surface area contributed by atoms with Crippen molar-refractivity contribution in [2.24, 2.45) is 5.92 Å². The van der Waals surface area contributed by atoms with E-state index in [1.54, 1.807) is 16.7 Å². The Kier molecular flexibility index (Phi) is 5.04. The smallest absolute Gasteiger partial charge is 0.266 e. The summed E-state index contributed by atoms with van der Waals surface area (Å²) in [6.45, 7) is 4.68. The maximum atomic E-state index is 13.4. The van der Waals surface area contributed by atoms with Crippen LogP contribution in [0.1, 0.15) is 20.3 Å². The van der Waals surface area contributed by atoms with Crippen LogP contribution in [0.15, 0.2) is 58.1 Å². The van der Waals surface area contributed by atoms with Gasteiger partial charge in [0.05, 0.1) is 5.02 Å². The van der Waals surface area contributed by atoms with Crippen LogP contribution < -0.4 is 11.0 Å². The summed E-state index contributed by atoms with van der Waals surface area (Å²) in [6.07, 6.45) is 0.801. The summed E-state index contributed by atoms with van der Waals surface area (Å²) in [5, 5.41) is 1.24. The second-order valence-electron chi connectivity index (χ2n) is 7.16. The van der Waals surface area contributed by atoms with E-state index in [-0.39, 0.29) is 16.4 Å². The van der Waals surface area contributed by atoms with E-state index >= 15 is 0 Å². The standard InChI is InChI=1S/C22H19ClN2O2S/c1-13(2)11-12-25-20(14-7-3-5-9-16(14)23)24-21-18(22(25)27)19(26)15-8-4-6-10-17(15)28-21/h3-10,13H,11-12H2,1-2H3. The van der Waals surface area contributed by atoms with E-state index in [0.717, 1.165) is 11.1 Å². The molecule has 0 spiro atoms. The van der Waals surface area contributed by atoms with E-state index < -0.39 is 0 Å². The highest BCUT2D eigenvalue weighted by Crippen LogP contribution is 2.29. The Bertz CT molecular complexity index is 1310. The lowest BCUT2D eigenvalue weighted by molar-refractivity contribution is 0.509. The summed E-state index contributed by atoms with van der Waals surface area (Å²) in [6, 6.07) is 14.7. The van der Waals surface area contributed by atoms with Crippen LogP contribution in [0.25, 0.3) is 31.7 Å². The maximum absolute atomic E-state index is 13.4. The first-order valence-electron chi connectivity index (χ1n) is 9.18. The number of hydrogen-bond donors (Lipinski definition) is 0. The monoisotopic (exact) mass is 410 g/mol. The van der Waals surface area contributed by atoms with Gasteiger partial charge in [-0.1, -0.05) is 49.7 Å². The summed E-state index contributed by atoms with van der Waals surface area (Å²) in [5.74, 6) is 0.919. The zero-order chi connectivity index (χ0) is 19.8. The Morgan fingerprint density at radius 1 is 1.07 bits per heavy atom. The minimum absolute atomic E-state index is 0.156. The van der Waals surface area contributed by atoms with Crippen molar-refractivity contribution in [3.05, 3.63) is 74.1 Å². The van der Waals surface area contributed by atoms with Gasteiger partial charge in [0.25, 0.3) is 5.56 Å². The molecule has 0 unspecified atom stereocenters. The van der Waals surface area contributed by atoms with Gasteiger partial charge in [0.2, 0.25) is 5.43 Å². The molecule has 0 saturated heterocycles. The second-order valence-corrected chi connectivity index (χ2v) is 8.60. The lowest BCUT2D eigenvalue weighted by Gasteiger charge is -2.15. The third-order valence-electron chi connectivity index (χ3n) is 4.75. The van der Waals surface area contributed by atoms with Crippen molar-refractivity contribution in [1.82, 2.24) is 9.55 Å². The molecule has 4 aromatic rings. The summed E-state index contributed by atoms with van der Waals surface area (Å²) >= 11 is 7.77. The van der Waals surface area contributed by atoms with Gasteiger partial charge in [-0.25, -0.2) is 4.98 Å². The first-order chi connectivity index (χ1) is 13.5. The molecule has 0 N–H and O–H groups in total. The molecular weight excluding hydrogens is 392 g/mol. The fourth-order valence-corrected chi connectivity index (χ4v) is 4.49. The highest BCUT2D eigenvalue weighted by atomic mass is 35.5. The summed E-state index contributed by atoms with van der Waals surface area (Å²) in [4.78, 5) is 31.6. The normalized spacial score (nSPS) is 11.6. The van der Waals surface area contributed by atoms with Crippen molar-refractivity contribution in [1.29, 1.82) is 0 Å². The van der Waals surface area contributed by atoms with Crippen LogP contribution in [-0.2, 0) is 6.54 Å². The van der Waals surface area contributed by atoms with E-state index in [1.807, 2.05) is 36.4 Å². The molecule has 0 aliphatic heterocycles. The number of fused-ring (bicyclic) bond motifs is 2. The Morgan fingerprint density at radius 3 is 2.54 bits per heavy atom. The van der Waals surface area contributed by atoms with E-state index in [4.69, 9.17) is 16.6 Å². The molecule has 0 aliphatic carbocycles. The molecule has 0 fully saturated rings. The van der Waals surface area contributed by atoms with Crippen molar-refractivity contribution in [3.63, 3.8) is 0 Å². The van der Waals surface area contributed by atoms with Gasteiger partial charge in [-0.2, -0.15) is 0 Å². The minimum atomic E-state index is -0.299. The topological polar surface area (TPSA) is 52.0 Å². The highest BCUT2D eigenvalue weighted by Gasteiger charge is 2.19. The molecule has 4 nitrogen and oxygen atoms in total. The van der Waals surface area contributed by atoms with Crippen LogP contribution in [0, 0.1) is 5.92 Å². The molecule has 142 valence electrons. The molecule has 2 aromatic heterocycles. The van der Waals surface area contributed by atoms with E-state index in [9.17, 15) is 9.59 Å². The second kappa shape index (κ2) is 7.49. The van der Waals surface area contributed by atoms with Crippen LogP contribution in [-0.4, -0.2) is 9.55 Å². The Morgan fingerprint density at radius 2 is 1.79 bits per heavy atom.